The van der Waals surface area contributed by atoms with Gasteiger partial charge in [0.05, 0.1) is 10.0 Å². The predicted octanol–water partition coefficient (Wildman–Crippen LogP) is 3.94. The van der Waals surface area contributed by atoms with Gasteiger partial charge in [-0.2, -0.15) is 0 Å². The molecule has 1 saturated heterocycles. The number of rotatable bonds is 4. The van der Waals surface area contributed by atoms with E-state index in [4.69, 9.17) is 23.2 Å². The number of hydrogen-bond donors (Lipinski definition) is 1. The average Bonchev–Trinajstić information content (AvgIpc) is 3.06. The Labute approximate surface area is 175 Å². The van der Waals surface area contributed by atoms with Crippen LogP contribution in [0.3, 0.4) is 0 Å². The minimum Gasteiger partial charge on any atom is -0.334 e. The van der Waals surface area contributed by atoms with E-state index in [0.29, 0.717) is 34.1 Å². The molecule has 1 fully saturated rings. The molecule has 0 radical (unpaired) electrons. The van der Waals surface area contributed by atoms with Crippen molar-refractivity contribution >= 4 is 41.5 Å². The first kappa shape index (κ1) is 22.0. The highest BCUT2D eigenvalue weighted by atomic mass is 35.5. The molecule has 0 spiro atoms. The Hall–Kier alpha value is -1.34. The summed E-state index contributed by atoms with van der Waals surface area (Å²) in [5.41, 5.74) is 0.554. The van der Waals surface area contributed by atoms with E-state index in [0.717, 1.165) is 19.4 Å². The average molecular weight is 433 g/mol. The van der Waals surface area contributed by atoms with Crippen LogP contribution in [0, 0.1) is 0 Å². The van der Waals surface area contributed by atoms with Crippen molar-refractivity contribution in [2.75, 3.05) is 20.1 Å². The molecule has 1 aromatic heterocycles. The lowest BCUT2D eigenvalue weighted by Crippen LogP contribution is -2.47. The number of likely N-dealkylation sites (tertiary alicyclic amines) is 1. The lowest BCUT2D eigenvalue weighted by atomic mass is 10.1. The molecule has 6 nitrogen and oxygen atoms in total. The van der Waals surface area contributed by atoms with Gasteiger partial charge in [-0.15, -0.1) is 17.5 Å². The minimum atomic E-state index is -0.159. The first-order chi connectivity index (χ1) is 12.4. The zero-order chi connectivity index (χ0) is 18.8. The number of para-hydroxylation sites is 1. The summed E-state index contributed by atoms with van der Waals surface area (Å²) in [6.45, 7) is 5.37. The number of benzene rings is 1. The normalized spacial score (nSPS) is 17.1. The molecular weight excluding hydrogens is 409 g/mol. The second-order valence-electron chi connectivity index (χ2n) is 6.81. The number of amides is 1. The van der Waals surface area contributed by atoms with E-state index in [2.05, 4.69) is 15.4 Å². The second-order valence-corrected chi connectivity index (χ2v) is 7.62. The molecule has 1 aromatic carbocycles. The molecule has 1 atom stereocenters. The van der Waals surface area contributed by atoms with Crippen molar-refractivity contribution in [1.29, 1.82) is 0 Å². The molecule has 1 aliphatic rings. The molecule has 148 valence electrons. The Morgan fingerprint density at radius 1 is 1.30 bits per heavy atom. The maximum atomic E-state index is 12.9. The Balaban J connectivity index is 0.00000261. The lowest BCUT2D eigenvalue weighted by Gasteiger charge is -2.31. The van der Waals surface area contributed by atoms with Crippen molar-refractivity contribution in [3.63, 3.8) is 0 Å². The van der Waals surface area contributed by atoms with Gasteiger partial charge in [0.2, 0.25) is 5.82 Å². The largest absolute Gasteiger partial charge is 0.334 e. The maximum Gasteiger partial charge on any atom is 0.293 e. The molecule has 27 heavy (non-hydrogen) atoms. The third-order valence-corrected chi connectivity index (χ3v) is 5.22. The van der Waals surface area contributed by atoms with Crippen LogP contribution in [0.1, 0.15) is 49.1 Å². The first-order valence-electron chi connectivity index (χ1n) is 8.80. The summed E-state index contributed by atoms with van der Waals surface area (Å²) in [4.78, 5) is 19.3. The summed E-state index contributed by atoms with van der Waals surface area (Å²) in [5, 5.41) is 8.65. The van der Waals surface area contributed by atoms with Gasteiger partial charge in [-0.1, -0.05) is 43.1 Å². The van der Waals surface area contributed by atoms with E-state index in [9.17, 15) is 4.79 Å². The highest BCUT2D eigenvalue weighted by Gasteiger charge is 2.28. The van der Waals surface area contributed by atoms with Gasteiger partial charge in [-0.3, -0.25) is 4.79 Å². The Kier molecular flexibility index (Phi) is 7.51. The van der Waals surface area contributed by atoms with Gasteiger partial charge in [0, 0.05) is 25.0 Å². The van der Waals surface area contributed by atoms with Crippen molar-refractivity contribution in [2.45, 2.75) is 38.6 Å². The summed E-state index contributed by atoms with van der Waals surface area (Å²) < 4.78 is 1.60. The minimum absolute atomic E-state index is 0. The van der Waals surface area contributed by atoms with Crippen LogP contribution in [0.5, 0.6) is 0 Å². The number of carbonyl (C=O) groups excluding carboxylic acids is 1. The zero-order valence-corrected chi connectivity index (χ0v) is 17.9. The summed E-state index contributed by atoms with van der Waals surface area (Å²) in [5.74, 6) is 0.739. The van der Waals surface area contributed by atoms with Gasteiger partial charge >= 0.3 is 0 Å². The van der Waals surface area contributed by atoms with E-state index >= 15 is 0 Å². The van der Waals surface area contributed by atoms with Crippen LogP contribution < -0.4 is 5.32 Å². The molecule has 0 saturated carbocycles. The number of piperidine rings is 1. The van der Waals surface area contributed by atoms with Crippen molar-refractivity contribution in [2.24, 2.45) is 0 Å². The predicted molar refractivity (Wildman–Crippen MR) is 111 cm³/mol. The number of likely N-dealkylation sites (N-methyl/N-ethyl adjacent to an activating group) is 1. The fraction of sp³-hybridized carbons (Fsp3) is 0.500. The Morgan fingerprint density at radius 2 is 1.96 bits per heavy atom. The molecule has 1 N–H and O–H groups in total. The Bertz CT molecular complexity index is 788. The van der Waals surface area contributed by atoms with Crippen molar-refractivity contribution in [1.82, 2.24) is 25.0 Å². The highest BCUT2D eigenvalue weighted by molar-refractivity contribution is 6.37. The van der Waals surface area contributed by atoms with Gasteiger partial charge in [-0.25, -0.2) is 9.67 Å². The van der Waals surface area contributed by atoms with Crippen LogP contribution in [0.15, 0.2) is 18.2 Å². The van der Waals surface area contributed by atoms with E-state index in [1.54, 1.807) is 22.9 Å². The number of aromatic nitrogens is 3. The van der Waals surface area contributed by atoms with Crippen LogP contribution >= 0.6 is 35.6 Å². The van der Waals surface area contributed by atoms with Crippen molar-refractivity contribution in [3.05, 3.63) is 39.9 Å². The molecular formula is C18H24Cl3N5O. The number of halogens is 3. The van der Waals surface area contributed by atoms with Gasteiger partial charge < -0.3 is 10.2 Å². The summed E-state index contributed by atoms with van der Waals surface area (Å²) in [7, 11) is 1.92. The smallest absolute Gasteiger partial charge is 0.293 e. The fourth-order valence-electron chi connectivity index (χ4n) is 3.18. The second kappa shape index (κ2) is 9.24. The lowest BCUT2D eigenvalue weighted by molar-refractivity contribution is 0.0686. The van der Waals surface area contributed by atoms with Crippen molar-refractivity contribution in [3.8, 4) is 5.69 Å². The van der Waals surface area contributed by atoms with Gasteiger partial charge in [0.25, 0.3) is 5.91 Å². The SMILES string of the molecule is CNC1CCCN(C(=O)c2nc(C(C)C)n(-c3c(Cl)cccc3Cl)n2)C1.Cl. The van der Waals surface area contributed by atoms with Gasteiger partial charge in [0.1, 0.15) is 11.5 Å². The maximum absolute atomic E-state index is 12.9. The first-order valence-corrected chi connectivity index (χ1v) is 9.55. The molecule has 2 aromatic rings. The number of nitrogens with zero attached hydrogens (tertiary/aromatic N) is 4. The fourth-order valence-corrected chi connectivity index (χ4v) is 3.74. The van der Waals surface area contributed by atoms with Crippen LogP contribution in [0.25, 0.3) is 5.69 Å². The molecule has 1 amide bonds. The van der Waals surface area contributed by atoms with E-state index in [-0.39, 0.29) is 30.1 Å². The van der Waals surface area contributed by atoms with Gasteiger partial charge in [0.15, 0.2) is 0 Å². The molecule has 3 rings (SSSR count). The summed E-state index contributed by atoms with van der Waals surface area (Å²) in [6, 6.07) is 5.58. The summed E-state index contributed by atoms with van der Waals surface area (Å²) in [6.07, 6.45) is 2.03. The van der Waals surface area contributed by atoms with E-state index in [1.807, 2.05) is 25.8 Å². The monoisotopic (exact) mass is 431 g/mol. The highest BCUT2D eigenvalue weighted by Crippen LogP contribution is 2.30. The Morgan fingerprint density at radius 3 is 2.56 bits per heavy atom. The molecule has 1 unspecified atom stereocenters. The number of nitrogens with one attached hydrogen (secondary N) is 1. The molecule has 0 bridgehead atoms. The van der Waals surface area contributed by atoms with Crippen LogP contribution in [0.2, 0.25) is 10.0 Å². The third-order valence-electron chi connectivity index (χ3n) is 4.61. The molecule has 1 aliphatic heterocycles. The van der Waals surface area contributed by atoms with Crippen LogP contribution in [-0.4, -0.2) is 51.8 Å². The molecule has 2 heterocycles. The van der Waals surface area contributed by atoms with Crippen molar-refractivity contribution < 1.29 is 4.79 Å². The van der Waals surface area contributed by atoms with Crippen LogP contribution in [0.4, 0.5) is 0 Å². The molecule has 0 aliphatic carbocycles. The van der Waals surface area contributed by atoms with Crippen LogP contribution in [-0.2, 0) is 0 Å². The number of hydrogen-bond acceptors (Lipinski definition) is 4. The van der Waals surface area contributed by atoms with E-state index in [1.165, 1.54) is 0 Å². The number of carbonyl (C=O) groups is 1. The molecule has 9 heteroatoms. The van der Waals surface area contributed by atoms with E-state index < -0.39 is 0 Å². The van der Waals surface area contributed by atoms with Gasteiger partial charge in [-0.05, 0) is 32.0 Å². The summed E-state index contributed by atoms with van der Waals surface area (Å²) >= 11 is 12.7. The zero-order valence-electron chi connectivity index (χ0n) is 15.6. The quantitative estimate of drug-likeness (QED) is 0.795. The standard InChI is InChI=1S/C18H23Cl2N5O.ClH/c1-11(2)17-22-16(18(26)24-9-5-6-12(10-24)21-3)23-25(17)15-13(19)7-4-8-14(15)20;/h4,7-8,11-12,21H,5-6,9-10H2,1-3H3;1H. The topological polar surface area (TPSA) is 63.1 Å². The third kappa shape index (κ3) is 4.57.